The van der Waals surface area contributed by atoms with Crippen LogP contribution < -0.4 is 10.2 Å². The lowest BCUT2D eigenvalue weighted by atomic mass is 10.2. The van der Waals surface area contributed by atoms with Crippen LogP contribution >= 0.6 is 23.2 Å². The van der Waals surface area contributed by atoms with Gasteiger partial charge in [-0.1, -0.05) is 59.6 Å². The van der Waals surface area contributed by atoms with Gasteiger partial charge in [-0.25, -0.2) is 5.43 Å². The van der Waals surface area contributed by atoms with Gasteiger partial charge in [-0.3, -0.25) is 4.79 Å². The van der Waals surface area contributed by atoms with Crippen LogP contribution in [0.5, 0.6) is 5.75 Å². The average Bonchev–Trinajstić information content (AvgIpc) is 2.70. The highest BCUT2D eigenvalue weighted by molar-refractivity contribution is 6.38. The molecule has 6 heteroatoms. The Kier molecular flexibility index (Phi) is 6.47. The molecule has 4 nitrogen and oxygen atoms in total. The predicted molar refractivity (Wildman–Crippen MR) is 109 cm³/mol. The summed E-state index contributed by atoms with van der Waals surface area (Å²) in [6.45, 7) is 0.468. The highest BCUT2D eigenvalue weighted by Gasteiger charge is 2.06. The predicted octanol–water partition coefficient (Wildman–Crippen LogP) is 5.34. The monoisotopic (exact) mass is 398 g/mol. The molecule has 0 aliphatic carbocycles. The molecule has 0 aromatic heterocycles. The third-order valence-corrected chi connectivity index (χ3v) is 4.38. The zero-order valence-electron chi connectivity index (χ0n) is 14.2. The Morgan fingerprint density at radius 3 is 2.26 bits per heavy atom. The van der Waals surface area contributed by atoms with Gasteiger partial charge in [-0.15, -0.1) is 0 Å². The summed E-state index contributed by atoms with van der Waals surface area (Å²) in [5, 5.41) is 4.83. The van der Waals surface area contributed by atoms with Crippen LogP contribution in [0.4, 0.5) is 0 Å². The number of amides is 1. The van der Waals surface area contributed by atoms with E-state index in [1.807, 2.05) is 30.3 Å². The van der Waals surface area contributed by atoms with Crippen molar-refractivity contribution in [2.75, 3.05) is 0 Å². The van der Waals surface area contributed by atoms with Gasteiger partial charge >= 0.3 is 0 Å². The van der Waals surface area contributed by atoms with E-state index in [4.69, 9.17) is 27.9 Å². The third kappa shape index (κ3) is 5.33. The molecule has 1 amide bonds. The summed E-state index contributed by atoms with van der Waals surface area (Å²) in [6.07, 6.45) is 1.42. The lowest BCUT2D eigenvalue weighted by Crippen LogP contribution is -2.17. The second kappa shape index (κ2) is 9.21. The molecule has 0 saturated heterocycles. The lowest BCUT2D eigenvalue weighted by molar-refractivity contribution is 0.0955. The fraction of sp³-hybridized carbons (Fsp3) is 0.0476. The molecule has 0 aliphatic rings. The number of hydrazone groups is 1. The van der Waals surface area contributed by atoms with Crippen molar-refractivity contribution in [3.8, 4) is 5.75 Å². The molecule has 27 heavy (non-hydrogen) atoms. The summed E-state index contributed by atoms with van der Waals surface area (Å²) in [6, 6.07) is 21.8. The molecule has 0 bridgehead atoms. The minimum atomic E-state index is -0.343. The molecule has 0 heterocycles. The maximum absolute atomic E-state index is 12.2. The Balaban J connectivity index is 1.56. The molecular weight excluding hydrogens is 383 g/mol. The van der Waals surface area contributed by atoms with Crippen LogP contribution in [-0.4, -0.2) is 12.1 Å². The zero-order valence-corrected chi connectivity index (χ0v) is 15.7. The second-order valence-electron chi connectivity index (χ2n) is 5.63. The Hall–Kier alpha value is -2.82. The van der Waals surface area contributed by atoms with Crippen molar-refractivity contribution in [3.05, 3.63) is 99.5 Å². The number of nitrogens with zero attached hydrogens (tertiary/aromatic N) is 1. The van der Waals surface area contributed by atoms with Crippen LogP contribution in [0.25, 0.3) is 0 Å². The van der Waals surface area contributed by atoms with Crippen LogP contribution in [0, 0.1) is 0 Å². The van der Waals surface area contributed by atoms with Gasteiger partial charge in [0.15, 0.2) is 0 Å². The van der Waals surface area contributed by atoms with E-state index in [-0.39, 0.29) is 5.91 Å². The molecule has 3 aromatic rings. The fourth-order valence-corrected chi connectivity index (χ4v) is 2.79. The van der Waals surface area contributed by atoms with Gasteiger partial charge in [0.1, 0.15) is 12.4 Å². The van der Waals surface area contributed by atoms with Crippen molar-refractivity contribution < 1.29 is 9.53 Å². The molecule has 3 aromatic carbocycles. The number of carbonyl (C=O) groups is 1. The summed E-state index contributed by atoms with van der Waals surface area (Å²) < 4.78 is 5.70. The van der Waals surface area contributed by atoms with Crippen molar-refractivity contribution >= 4 is 35.3 Å². The summed E-state index contributed by atoms with van der Waals surface area (Å²) >= 11 is 12.1. The SMILES string of the molecule is O=C(N/N=C\c1c(Cl)cccc1Cl)c1ccc(OCc2ccccc2)cc1. The summed E-state index contributed by atoms with van der Waals surface area (Å²) in [5.41, 5.74) is 4.54. The van der Waals surface area contributed by atoms with Crippen molar-refractivity contribution in [1.29, 1.82) is 0 Å². The maximum Gasteiger partial charge on any atom is 0.271 e. The summed E-state index contributed by atoms with van der Waals surface area (Å²) in [4.78, 5) is 12.2. The molecule has 3 rings (SSSR count). The molecule has 0 atom stereocenters. The first-order valence-electron chi connectivity index (χ1n) is 8.17. The van der Waals surface area contributed by atoms with E-state index >= 15 is 0 Å². The number of nitrogens with one attached hydrogen (secondary N) is 1. The van der Waals surface area contributed by atoms with Gasteiger partial charge in [0.2, 0.25) is 0 Å². The Morgan fingerprint density at radius 2 is 1.59 bits per heavy atom. The average molecular weight is 399 g/mol. The standard InChI is InChI=1S/C21H16Cl2N2O2/c22-19-7-4-8-20(23)18(19)13-24-25-21(26)16-9-11-17(12-10-16)27-14-15-5-2-1-3-6-15/h1-13H,14H2,(H,25,26)/b24-13-. The number of carbonyl (C=O) groups excluding carboxylic acids is 1. The van der Waals surface area contributed by atoms with Crippen molar-refractivity contribution in [2.45, 2.75) is 6.61 Å². The first-order chi connectivity index (χ1) is 13.1. The van der Waals surface area contributed by atoms with E-state index in [2.05, 4.69) is 10.5 Å². The lowest BCUT2D eigenvalue weighted by Gasteiger charge is -2.07. The van der Waals surface area contributed by atoms with Crippen LogP contribution in [0.15, 0.2) is 77.9 Å². The summed E-state index contributed by atoms with van der Waals surface area (Å²) in [5.74, 6) is 0.339. The second-order valence-corrected chi connectivity index (χ2v) is 6.45. The molecule has 0 spiro atoms. The minimum Gasteiger partial charge on any atom is -0.489 e. The van der Waals surface area contributed by atoms with Crippen molar-refractivity contribution in [2.24, 2.45) is 5.10 Å². The highest BCUT2D eigenvalue weighted by atomic mass is 35.5. The number of hydrogen-bond donors (Lipinski definition) is 1. The quantitative estimate of drug-likeness (QED) is 0.450. The Labute approximate surface area is 167 Å². The first kappa shape index (κ1) is 19.0. The zero-order chi connectivity index (χ0) is 19.1. The van der Waals surface area contributed by atoms with E-state index in [0.717, 1.165) is 5.56 Å². The normalized spacial score (nSPS) is 10.7. The van der Waals surface area contributed by atoms with Gasteiger partial charge in [0.05, 0.1) is 16.3 Å². The molecule has 0 unspecified atom stereocenters. The number of benzene rings is 3. The number of halogens is 2. The van der Waals surface area contributed by atoms with Gasteiger partial charge in [0.25, 0.3) is 5.91 Å². The number of ether oxygens (including phenoxy) is 1. The number of rotatable bonds is 6. The van der Waals surface area contributed by atoms with Crippen LogP contribution in [0.2, 0.25) is 10.0 Å². The van der Waals surface area contributed by atoms with Crippen LogP contribution in [0.1, 0.15) is 21.5 Å². The van der Waals surface area contributed by atoms with E-state index in [9.17, 15) is 4.79 Å². The molecule has 1 N–H and O–H groups in total. The molecule has 0 saturated carbocycles. The van der Waals surface area contributed by atoms with Crippen molar-refractivity contribution in [3.63, 3.8) is 0 Å². The molecule has 0 fully saturated rings. The van der Waals surface area contributed by atoms with E-state index in [1.165, 1.54) is 6.21 Å². The van der Waals surface area contributed by atoms with E-state index < -0.39 is 0 Å². The van der Waals surface area contributed by atoms with Gasteiger partial charge in [-0.05, 0) is 42.0 Å². The Morgan fingerprint density at radius 1 is 0.926 bits per heavy atom. The highest BCUT2D eigenvalue weighted by Crippen LogP contribution is 2.22. The largest absolute Gasteiger partial charge is 0.489 e. The number of hydrogen-bond acceptors (Lipinski definition) is 3. The summed E-state index contributed by atoms with van der Waals surface area (Å²) in [7, 11) is 0. The molecule has 136 valence electrons. The molecular formula is C21H16Cl2N2O2. The maximum atomic E-state index is 12.2. The van der Waals surface area contributed by atoms with E-state index in [0.29, 0.717) is 33.5 Å². The third-order valence-electron chi connectivity index (χ3n) is 3.72. The van der Waals surface area contributed by atoms with Gasteiger partial charge < -0.3 is 4.74 Å². The molecule has 0 aliphatic heterocycles. The van der Waals surface area contributed by atoms with Gasteiger partial charge in [-0.2, -0.15) is 5.10 Å². The fourth-order valence-electron chi connectivity index (χ4n) is 2.30. The van der Waals surface area contributed by atoms with Crippen molar-refractivity contribution in [1.82, 2.24) is 5.43 Å². The molecule has 0 radical (unpaired) electrons. The van der Waals surface area contributed by atoms with E-state index in [1.54, 1.807) is 42.5 Å². The topological polar surface area (TPSA) is 50.7 Å². The first-order valence-corrected chi connectivity index (χ1v) is 8.93. The minimum absolute atomic E-state index is 0.343. The van der Waals surface area contributed by atoms with Crippen LogP contribution in [-0.2, 0) is 6.61 Å². The van der Waals surface area contributed by atoms with Crippen LogP contribution in [0.3, 0.4) is 0 Å². The smallest absolute Gasteiger partial charge is 0.271 e. The Bertz CT molecular complexity index is 922. The van der Waals surface area contributed by atoms with Gasteiger partial charge in [0, 0.05) is 11.1 Å².